The van der Waals surface area contributed by atoms with Crippen molar-refractivity contribution in [1.29, 1.82) is 0 Å². The van der Waals surface area contributed by atoms with E-state index in [4.69, 9.17) is 15.9 Å². The number of hydrogen-bond acceptors (Lipinski definition) is 3. The molecule has 62 valence electrons. The molecule has 0 heterocycles. The van der Waals surface area contributed by atoms with E-state index in [1.807, 2.05) is 13.8 Å². The fourth-order valence-electron chi connectivity index (χ4n) is 0.810. The molecule has 0 rings (SSSR count). The zero-order valence-electron chi connectivity index (χ0n) is 6.62. The smallest absolute Gasteiger partial charge is 0.0813 e. The summed E-state index contributed by atoms with van der Waals surface area (Å²) in [5, 5.41) is 18.2. The van der Waals surface area contributed by atoms with Crippen LogP contribution in [-0.4, -0.2) is 28.5 Å². The van der Waals surface area contributed by atoms with Crippen molar-refractivity contribution in [3.63, 3.8) is 0 Å². The van der Waals surface area contributed by atoms with Gasteiger partial charge in [0.15, 0.2) is 0 Å². The van der Waals surface area contributed by atoms with Crippen molar-refractivity contribution in [1.82, 2.24) is 0 Å². The molecule has 0 fully saturated rings. The highest BCUT2D eigenvalue weighted by atomic mass is 16.3. The Hall–Kier alpha value is -0.120. The van der Waals surface area contributed by atoms with Crippen LogP contribution in [0.4, 0.5) is 0 Å². The maximum absolute atomic E-state index is 9.16. The fraction of sp³-hybridized carbons (Fsp3) is 1.00. The molecule has 0 aliphatic carbocycles. The predicted octanol–water partition coefficient (Wildman–Crippen LogP) is -0.144. The normalized spacial score (nSPS) is 20.1. The number of nitrogens with two attached hydrogens (primary N) is 1. The third-order valence-electron chi connectivity index (χ3n) is 1.48. The van der Waals surface area contributed by atoms with Crippen molar-refractivity contribution in [3.8, 4) is 0 Å². The van der Waals surface area contributed by atoms with Crippen LogP contribution in [0.5, 0.6) is 0 Å². The van der Waals surface area contributed by atoms with Crippen molar-refractivity contribution in [2.24, 2.45) is 5.73 Å². The van der Waals surface area contributed by atoms with Gasteiger partial charge in [-0.15, -0.1) is 0 Å². The second kappa shape index (κ2) is 4.66. The highest BCUT2D eigenvalue weighted by molar-refractivity contribution is 4.69. The molecule has 3 heteroatoms. The Morgan fingerprint density at radius 3 is 2.10 bits per heavy atom. The van der Waals surface area contributed by atoms with Gasteiger partial charge in [0, 0.05) is 6.04 Å². The Labute approximate surface area is 61.9 Å². The van der Waals surface area contributed by atoms with Gasteiger partial charge >= 0.3 is 0 Å². The molecule has 0 amide bonds. The summed E-state index contributed by atoms with van der Waals surface area (Å²) in [7, 11) is 0. The van der Waals surface area contributed by atoms with Crippen molar-refractivity contribution < 1.29 is 10.2 Å². The van der Waals surface area contributed by atoms with Gasteiger partial charge in [0.05, 0.1) is 12.2 Å². The van der Waals surface area contributed by atoms with Crippen LogP contribution in [0.25, 0.3) is 0 Å². The summed E-state index contributed by atoms with van der Waals surface area (Å²) in [6.07, 6.45) is -0.237. The summed E-state index contributed by atoms with van der Waals surface area (Å²) < 4.78 is 0. The Morgan fingerprint density at radius 1 is 1.30 bits per heavy atom. The average Bonchev–Trinajstić information content (AvgIpc) is 1.85. The zero-order valence-corrected chi connectivity index (χ0v) is 6.62. The molecule has 2 unspecified atom stereocenters. The first kappa shape index (κ1) is 9.88. The molecule has 3 atom stereocenters. The largest absolute Gasteiger partial charge is 0.390 e. The molecule has 0 saturated heterocycles. The van der Waals surface area contributed by atoms with Crippen LogP contribution in [0.3, 0.4) is 0 Å². The van der Waals surface area contributed by atoms with E-state index in [2.05, 4.69) is 0 Å². The molecule has 3 nitrogen and oxygen atoms in total. The van der Waals surface area contributed by atoms with E-state index in [1.54, 1.807) is 0 Å². The summed E-state index contributed by atoms with van der Waals surface area (Å²) >= 11 is 0. The molecule has 10 heavy (non-hydrogen) atoms. The number of hydrogen-bond donors (Lipinski definition) is 3. The lowest BCUT2D eigenvalue weighted by Crippen LogP contribution is -2.31. The second-order valence-electron chi connectivity index (χ2n) is 2.76. The van der Waals surface area contributed by atoms with E-state index < -0.39 is 12.2 Å². The first-order valence-electron chi connectivity index (χ1n) is 3.69. The summed E-state index contributed by atoms with van der Waals surface area (Å²) in [4.78, 5) is 0. The molecule has 0 saturated carbocycles. The Balaban J connectivity index is 3.50. The van der Waals surface area contributed by atoms with Gasteiger partial charge in [-0.05, 0) is 19.8 Å². The quantitative estimate of drug-likeness (QED) is 0.518. The molecule has 4 N–H and O–H groups in total. The van der Waals surface area contributed by atoms with E-state index in [9.17, 15) is 0 Å². The highest BCUT2D eigenvalue weighted by Gasteiger charge is 2.14. The number of aliphatic hydroxyl groups excluding tert-OH is 2. The van der Waals surface area contributed by atoms with Crippen LogP contribution in [0.1, 0.15) is 26.7 Å². The minimum atomic E-state index is -0.662. The van der Waals surface area contributed by atoms with Gasteiger partial charge in [-0.2, -0.15) is 0 Å². The van der Waals surface area contributed by atoms with Crippen LogP contribution >= 0.6 is 0 Å². The molecule has 0 radical (unpaired) electrons. The van der Waals surface area contributed by atoms with Gasteiger partial charge < -0.3 is 15.9 Å². The summed E-state index contributed by atoms with van der Waals surface area (Å²) in [6.45, 7) is 3.64. The predicted molar refractivity (Wildman–Crippen MR) is 40.6 cm³/mol. The summed E-state index contributed by atoms with van der Waals surface area (Å²) in [6, 6.07) is -0.0452. The first-order chi connectivity index (χ1) is 4.57. The second-order valence-corrected chi connectivity index (χ2v) is 2.76. The zero-order chi connectivity index (χ0) is 8.15. The Morgan fingerprint density at radius 2 is 1.80 bits per heavy atom. The van der Waals surface area contributed by atoms with E-state index >= 15 is 0 Å². The number of aliphatic hydroxyl groups is 2. The molecule has 0 aromatic heterocycles. The Kier molecular flexibility index (Phi) is 4.60. The van der Waals surface area contributed by atoms with Crippen molar-refractivity contribution in [2.75, 3.05) is 0 Å². The van der Waals surface area contributed by atoms with Crippen molar-refractivity contribution in [3.05, 3.63) is 0 Å². The van der Waals surface area contributed by atoms with E-state index in [1.165, 1.54) is 0 Å². The summed E-state index contributed by atoms with van der Waals surface area (Å²) in [5.41, 5.74) is 5.41. The minimum absolute atomic E-state index is 0.0452. The standard InChI is InChI=1S/C7H17NO2/c1-3-6(9)7(10)4-5(2)8/h5-7,9-10H,3-4,8H2,1-2H3/t5-,6?,7?/m0/s1. The monoisotopic (exact) mass is 147 g/mol. The molecule has 0 spiro atoms. The molecule has 0 aliphatic heterocycles. The van der Waals surface area contributed by atoms with E-state index in [-0.39, 0.29) is 6.04 Å². The van der Waals surface area contributed by atoms with E-state index in [0.29, 0.717) is 12.8 Å². The van der Waals surface area contributed by atoms with Gasteiger partial charge in [0.2, 0.25) is 0 Å². The van der Waals surface area contributed by atoms with Crippen LogP contribution in [0, 0.1) is 0 Å². The van der Waals surface area contributed by atoms with Crippen molar-refractivity contribution >= 4 is 0 Å². The lowest BCUT2D eigenvalue weighted by Gasteiger charge is -2.17. The maximum atomic E-state index is 9.16. The van der Waals surface area contributed by atoms with Gasteiger partial charge in [-0.25, -0.2) is 0 Å². The summed E-state index contributed by atoms with van der Waals surface area (Å²) in [5.74, 6) is 0. The minimum Gasteiger partial charge on any atom is -0.390 e. The first-order valence-corrected chi connectivity index (χ1v) is 3.69. The topological polar surface area (TPSA) is 66.5 Å². The van der Waals surface area contributed by atoms with Crippen LogP contribution < -0.4 is 5.73 Å². The molecular weight excluding hydrogens is 130 g/mol. The van der Waals surface area contributed by atoms with Gasteiger partial charge in [-0.3, -0.25) is 0 Å². The lowest BCUT2D eigenvalue weighted by atomic mass is 10.1. The lowest BCUT2D eigenvalue weighted by molar-refractivity contribution is 0.00995. The SMILES string of the molecule is CCC(O)C(O)C[C@H](C)N. The van der Waals surface area contributed by atoms with E-state index in [0.717, 1.165) is 0 Å². The molecule has 0 aromatic rings. The molecular formula is C7H17NO2. The molecule has 0 aromatic carbocycles. The van der Waals surface area contributed by atoms with Crippen LogP contribution in [0.2, 0.25) is 0 Å². The maximum Gasteiger partial charge on any atom is 0.0813 e. The van der Waals surface area contributed by atoms with Gasteiger partial charge in [0.25, 0.3) is 0 Å². The highest BCUT2D eigenvalue weighted by Crippen LogP contribution is 2.03. The third kappa shape index (κ3) is 3.82. The Bertz CT molecular complexity index is 85.7. The third-order valence-corrected chi connectivity index (χ3v) is 1.48. The van der Waals surface area contributed by atoms with Crippen LogP contribution in [0.15, 0.2) is 0 Å². The molecule has 0 bridgehead atoms. The van der Waals surface area contributed by atoms with Crippen LogP contribution in [-0.2, 0) is 0 Å². The molecule has 0 aliphatic rings. The number of rotatable bonds is 4. The van der Waals surface area contributed by atoms with Gasteiger partial charge in [0.1, 0.15) is 0 Å². The van der Waals surface area contributed by atoms with Crippen molar-refractivity contribution in [2.45, 2.75) is 44.9 Å². The fourth-order valence-corrected chi connectivity index (χ4v) is 0.810. The average molecular weight is 147 g/mol. The van der Waals surface area contributed by atoms with Gasteiger partial charge in [-0.1, -0.05) is 6.92 Å².